The third-order valence-corrected chi connectivity index (χ3v) is 4.33. The van der Waals surface area contributed by atoms with Crippen molar-refractivity contribution in [2.75, 3.05) is 0 Å². The Morgan fingerprint density at radius 3 is 3.04 bits per heavy atom. The number of pyridine rings is 1. The molecule has 116 valence electrons. The molecule has 0 aromatic carbocycles. The number of nitrogens with zero attached hydrogens (tertiary/aromatic N) is 2. The highest BCUT2D eigenvalue weighted by Gasteiger charge is 2.11. The SMILES string of the molecule is Cc1nc(-c2ccco2)sc1CNC(=O)/C=C/c1cccnc1. The molecule has 23 heavy (non-hydrogen) atoms. The van der Waals surface area contributed by atoms with E-state index in [1.54, 1.807) is 24.7 Å². The number of thiazole rings is 1. The molecule has 0 saturated carbocycles. The Bertz CT molecular complexity index is 808. The van der Waals surface area contributed by atoms with Crippen molar-refractivity contribution in [3.8, 4) is 10.8 Å². The highest BCUT2D eigenvalue weighted by atomic mass is 32.1. The van der Waals surface area contributed by atoms with Crippen molar-refractivity contribution in [3.05, 3.63) is 65.1 Å². The first-order chi connectivity index (χ1) is 11.2. The van der Waals surface area contributed by atoms with Crippen molar-refractivity contribution in [2.24, 2.45) is 0 Å². The number of aromatic nitrogens is 2. The van der Waals surface area contributed by atoms with Crippen LogP contribution >= 0.6 is 11.3 Å². The molecule has 0 saturated heterocycles. The molecule has 0 atom stereocenters. The molecule has 6 heteroatoms. The van der Waals surface area contributed by atoms with Crippen LogP contribution < -0.4 is 5.32 Å². The van der Waals surface area contributed by atoms with Gasteiger partial charge in [-0.2, -0.15) is 0 Å². The lowest BCUT2D eigenvalue weighted by Crippen LogP contribution is -2.20. The maximum absolute atomic E-state index is 11.9. The van der Waals surface area contributed by atoms with E-state index in [-0.39, 0.29) is 5.91 Å². The Hall–Kier alpha value is -2.73. The summed E-state index contributed by atoms with van der Waals surface area (Å²) in [4.78, 5) is 21.4. The highest BCUT2D eigenvalue weighted by molar-refractivity contribution is 7.15. The summed E-state index contributed by atoms with van der Waals surface area (Å²) < 4.78 is 5.34. The van der Waals surface area contributed by atoms with Crippen LogP contribution in [0.1, 0.15) is 16.1 Å². The van der Waals surface area contributed by atoms with E-state index in [4.69, 9.17) is 4.42 Å². The Balaban J connectivity index is 1.60. The number of carbonyl (C=O) groups is 1. The van der Waals surface area contributed by atoms with Crippen LogP contribution in [0.4, 0.5) is 0 Å². The fourth-order valence-corrected chi connectivity index (χ4v) is 2.94. The number of nitrogens with one attached hydrogen (secondary N) is 1. The summed E-state index contributed by atoms with van der Waals surface area (Å²) >= 11 is 1.52. The Kier molecular flexibility index (Phi) is 4.63. The molecular weight excluding hydrogens is 310 g/mol. The Morgan fingerprint density at radius 2 is 2.30 bits per heavy atom. The second-order valence-electron chi connectivity index (χ2n) is 4.84. The van der Waals surface area contributed by atoms with E-state index in [1.165, 1.54) is 17.4 Å². The van der Waals surface area contributed by atoms with Gasteiger partial charge in [0.25, 0.3) is 0 Å². The fraction of sp³-hybridized carbons (Fsp3) is 0.118. The smallest absolute Gasteiger partial charge is 0.244 e. The molecule has 1 N–H and O–H groups in total. The van der Waals surface area contributed by atoms with Gasteiger partial charge in [0, 0.05) is 23.3 Å². The van der Waals surface area contributed by atoms with E-state index in [0.29, 0.717) is 6.54 Å². The molecule has 0 radical (unpaired) electrons. The van der Waals surface area contributed by atoms with Crippen LogP contribution in [0.2, 0.25) is 0 Å². The summed E-state index contributed by atoms with van der Waals surface area (Å²) in [5.41, 5.74) is 1.79. The molecule has 0 aliphatic heterocycles. The first-order valence-corrected chi connectivity index (χ1v) is 7.90. The van der Waals surface area contributed by atoms with E-state index in [0.717, 1.165) is 26.9 Å². The van der Waals surface area contributed by atoms with Gasteiger partial charge in [-0.3, -0.25) is 9.78 Å². The molecule has 0 aliphatic rings. The van der Waals surface area contributed by atoms with Crippen molar-refractivity contribution in [1.82, 2.24) is 15.3 Å². The van der Waals surface area contributed by atoms with Crippen LogP contribution in [0.15, 0.2) is 53.4 Å². The fourth-order valence-electron chi connectivity index (χ4n) is 1.97. The quantitative estimate of drug-likeness (QED) is 0.730. The first-order valence-electron chi connectivity index (χ1n) is 7.08. The van der Waals surface area contributed by atoms with E-state index in [2.05, 4.69) is 15.3 Å². The van der Waals surface area contributed by atoms with Crippen LogP contribution in [0.3, 0.4) is 0 Å². The minimum atomic E-state index is -0.152. The van der Waals surface area contributed by atoms with Gasteiger partial charge in [0.2, 0.25) is 5.91 Å². The number of rotatable bonds is 5. The normalized spacial score (nSPS) is 11.0. The summed E-state index contributed by atoms with van der Waals surface area (Å²) in [5.74, 6) is 0.591. The predicted molar refractivity (Wildman–Crippen MR) is 89.7 cm³/mol. The largest absolute Gasteiger partial charge is 0.462 e. The lowest BCUT2D eigenvalue weighted by molar-refractivity contribution is -0.116. The van der Waals surface area contributed by atoms with Gasteiger partial charge in [-0.1, -0.05) is 6.07 Å². The van der Waals surface area contributed by atoms with Gasteiger partial charge in [0.1, 0.15) is 0 Å². The van der Waals surface area contributed by atoms with Crippen molar-refractivity contribution < 1.29 is 9.21 Å². The molecular formula is C17H15N3O2S. The third kappa shape index (κ3) is 3.92. The van der Waals surface area contributed by atoms with Crippen molar-refractivity contribution in [3.63, 3.8) is 0 Å². The zero-order chi connectivity index (χ0) is 16.1. The van der Waals surface area contributed by atoms with E-state index < -0.39 is 0 Å². The minimum Gasteiger partial charge on any atom is -0.462 e. The molecule has 3 aromatic heterocycles. The average molecular weight is 325 g/mol. The Labute approximate surface area is 137 Å². The molecule has 3 rings (SSSR count). The lowest BCUT2D eigenvalue weighted by atomic mass is 10.2. The number of carbonyl (C=O) groups excluding carboxylic acids is 1. The van der Waals surface area contributed by atoms with Gasteiger partial charge >= 0.3 is 0 Å². The highest BCUT2D eigenvalue weighted by Crippen LogP contribution is 2.27. The van der Waals surface area contributed by atoms with Crippen LogP contribution in [0, 0.1) is 6.92 Å². The number of furan rings is 1. The third-order valence-electron chi connectivity index (χ3n) is 3.16. The summed E-state index contributed by atoms with van der Waals surface area (Å²) in [6.07, 6.45) is 8.25. The number of aryl methyl sites for hydroxylation is 1. The second-order valence-corrected chi connectivity index (χ2v) is 5.93. The van der Waals surface area contributed by atoms with E-state index in [9.17, 15) is 4.79 Å². The number of hydrogen-bond acceptors (Lipinski definition) is 5. The van der Waals surface area contributed by atoms with Crippen molar-refractivity contribution in [1.29, 1.82) is 0 Å². The second kappa shape index (κ2) is 7.02. The predicted octanol–water partition coefficient (Wildman–Crippen LogP) is 3.44. The number of amides is 1. The Morgan fingerprint density at radius 1 is 1.39 bits per heavy atom. The maximum Gasteiger partial charge on any atom is 0.244 e. The van der Waals surface area contributed by atoms with Crippen LogP contribution in [-0.2, 0) is 11.3 Å². The summed E-state index contributed by atoms with van der Waals surface area (Å²) in [6, 6.07) is 7.42. The van der Waals surface area contributed by atoms with Crippen LogP contribution in [0.5, 0.6) is 0 Å². The summed E-state index contributed by atoms with van der Waals surface area (Å²) in [7, 11) is 0. The minimum absolute atomic E-state index is 0.152. The van der Waals surface area contributed by atoms with Crippen LogP contribution in [-0.4, -0.2) is 15.9 Å². The standard InChI is InChI=1S/C17H15N3O2S/c1-12-15(23-17(20-12)14-5-3-9-22-14)11-19-16(21)7-6-13-4-2-8-18-10-13/h2-10H,11H2,1H3,(H,19,21)/b7-6+. The van der Waals surface area contributed by atoms with E-state index >= 15 is 0 Å². The molecule has 0 unspecified atom stereocenters. The average Bonchev–Trinajstić information content (AvgIpc) is 3.21. The van der Waals surface area contributed by atoms with Crippen molar-refractivity contribution in [2.45, 2.75) is 13.5 Å². The molecule has 5 nitrogen and oxygen atoms in total. The molecule has 0 bridgehead atoms. The molecule has 0 spiro atoms. The lowest BCUT2D eigenvalue weighted by Gasteiger charge is -2.00. The molecule has 0 fully saturated rings. The molecule has 1 amide bonds. The summed E-state index contributed by atoms with van der Waals surface area (Å²) in [6.45, 7) is 2.37. The maximum atomic E-state index is 11.9. The van der Waals surface area contributed by atoms with Gasteiger partial charge in [-0.15, -0.1) is 11.3 Å². The molecule has 3 aromatic rings. The first kappa shape index (κ1) is 15.2. The van der Waals surface area contributed by atoms with Gasteiger partial charge in [0.05, 0.1) is 18.5 Å². The van der Waals surface area contributed by atoms with E-state index in [1.807, 2.05) is 31.2 Å². The van der Waals surface area contributed by atoms with Crippen molar-refractivity contribution >= 4 is 23.3 Å². The number of hydrogen-bond donors (Lipinski definition) is 1. The topological polar surface area (TPSA) is 68.0 Å². The van der Waals surface area contributed by atoms with Gasteiger partial charge in [0.15, 0.2) is 10.8 Å². The molecule has 3 heterocycles. The molecule has 0 aliphatic carbocycles. The zero-order valence-corrected chi connectivity index (χ0v) is 13.3. The van der Waals surface area contributed by atoms with Crippen LogP contribution in [0.25, 0.3) is 16.8 Å². The van der Waals surface area contributed by atoms with Gasteiger partial charge in [-0.25, -0.2) is 4.98 Å². The monoisotopic (exact) mass is 325 g/mol. The summed E-state index contributed by atoms with van der Waals surface area (Å²) in [5, 5.41) is 3.68. The van der Waals surface area contributed by atoms with Gasteiger partial charge < -0.3 is 9.73 Å². The zero-order valence-electron chi connectivity index (χ0n) is 12.5. The van der Waals surface area contributed by atoms with Gasteiger partial charge in [-0.05, 0) is 36.8 Å².